The van der Waals surface area contributed by atoms with Crippen molar-refractivity contribution in [1.82, 2.24) is 0 Å². The Morgan fingerprint density at radius 1 is 1.00 bits per heavy atom. The second-order valence-electron chi connectivity index (χ2n) is 5.76. The molecule has 2 fully saturated rings. The molecule has 0 N–H and O–H groups in total. The monoisotopic (exact) mass is 259 g/mol. The molecule has 1 aromatic carbocycles. The fourth-order valence-corrected chi connectivity index (χ4v) is 3.32. The van der Waals surface area contributed by atoms with Gasteiger partial charge in [0.05, 0.1) is 12.2 Å². The summed E-state index contributed by atoms with van der Waals surface area (Å²) in [6, 6.07) is 10.5. The molecule has 1 aromatic rings. The van der Waals surface area contributed by atoms with Crippen LogP contribution in [0.4, 0.5) is 0 Å². The standard InChI is InChI=1S/C17H23O2/c1-2-15-16(13-14-9-5-3-6-10-14)19-17(18-15)11-7-4-8-12-17/h3,5-6,9-10,15-16H,1-2,4,7-8,11-13H2. The van der Waals surface area contributed by atoms with E-state index < -0.39 is 0 Å². The number of hydrogen-bond acceptors (Lipinski definition) is 2. The van der Waals surface area contributed by atoms with Crippen molar-refractivity contribution in [1.29, 1.82) is 0 Å². The maximum Gasteiger partial charge on any atom is 0.169 e. The Morgan fingerprint density at radius 3 is 2.37 bits per heavy atom. The van der Waals surface area contributed by atoms with Crippen LogP contribution >= 0.6 is 0 Å². The van der Waals surface area contributed by atoms with E-state index in [2.05, 4.69) is 37.3 Å². The van der Waals surface area contributed by atoms with E-state index in [9.17, 15) is 0 Å². The van der Waals surface area contributed by atoms with Crippen molar-refractivity contribution in [2.45, 2.75) is 62.9 Å². The average molecular weight is 259 g/mol. The molecule has 0 bridgehead atoms. The summed E-state index contributed by atoms with van der Waals surface area (Å²) in [5.74, 6) is -0.292. The lowest BCUT2D eigenvalue weighted by molar-refractivity contribution is -0.193. The highest BCUT2D eigenvalue weighted by Crippen LogP contribution is 2.41. The van der Waals surface area contributed by atoms with Crippen LogP contribution in [0.15, 0.2) is 30.3 Å². The molecule has 2 unspecified atom stereocenters. The van der Waals surface area contributed by atoms with Crippen molar-refractivity contribution in [2.75, 3.05) is 0 Å². The van der Waals surface area contributed by atoms with Crippen LogP contribution < -0.4 is 0 Å². The van der Waals surface area contributed by atoms with Gasteiger partial charge in [0.2, 0.25) is 0 Å². The third-order valence-corrected chi connectivity index (χ3v) is 4.33. The Morgan fingerprint density at radius 2 is 1.68 bits per heavy atom. The topological polar surface area (TPSA) is 18.5 Å². The summed E-state index contributed by atoms with van der Waals surface area (Å²) in [7, 11) is 0. The number of ether oxygens (including phenoxy) is 2. The first-order valence-corrected chi connectivity index (χ1v) is 7.50. The van der Waals surface area contributed by atoms with Gasteiger partial charge >= 0.3 is 0 Å². The molecule has 103 valence electrons. The van der Waals surface area contributed by atoms with Gasteiger partial charge in [0, 0.05) is 19.3 Å². The molecule has 1 aliphatic heterocycles. The summed E-state index contributed by atoms with van der Waals surface area (Å²) in [5, 5.41) is 0. The van der Waals surface area contributed by atoms with Gasteiger partial charge in [0.25, 0.3) is 0 Å². The lowest BCUT2D eigenvalue weighted by atomic mass is 9.94. The first-order chi connectivity index (χ1) is 9.31. The Kier molecular flexibility index (Phi) is 3.90. The van der Waals surface area contributed by atoms with E-state index in [-0.39, 0.29) is 18.0 Å². The van der Waals surface area contributed by atoms with Crippen molar-refractivity contribution < 1.29 is 9.47 Å². The molecule has 2 atom stereocenters. The minimum Gasteiger partial charge on any atom is -0.344 e. The molecule has 1 heterocycles. The highest BCUT2D eigenvalue weighted by atomic mass is 16.8. The molecule has 3 rings (SSSR count). The van der Waals surface area contributed by atoms with Crippen LogP contribution in [0.25, 0.3) is 0 Å². The van der Waals surface area contributed by atoms with E-state index in [0.717, 1.165) is 25.7 Å². The van der Waals surface area contributed by atoms with Crippen LogP contribution in [0.5, 0.6) is 0 Å². The number of rotatable bonds is 3. The zero-order valence-electron chi connectivity index (χ0n) is 11.5. The van der Waals surface area contributed by atoms with Crippen LogP contribution in [-0.4, -0.2) is 18.0 Å². The highest BCUT2D eigenvalue weighted by molar-refractivity contribution is 5.16. The van der Waals surface area contributed by atoms with E-state index in [4.69, 9.17) is 9.47 Å². The molecule has 2 nitrogen and oxygen atoms in total. The lowest BCUT2D eigenvalue weighted by Crippen LogP contribution is -2.33. The van der Waals surface area contributed by atoms with Crippen LogP contribution in [0.1, 0.15) is 44.1 Å². The van der Waals surface area contributed by atoms with Crippen molar-refractivity contribution in [3.05, 3.63) is 42.8 Å². The van der Waals surface area contributed by atoms with E-state index in [1.807, 2.05) is 0 Å². The zero-order valence-corrected chi connectivity index (χ0v) is 11.5. The minimum atomic E-state index is -0.292. The highest BCUT2D eigenvalue weighted by Gasteiger charge is 2.46. The second-order valence-corrected chi connectivity index (χ2v) is 5.76. The fourth-order valence-electron chi connectivity index (χ4n) is 3.32. The molecule has 1 aliphatic carbocycles. The van der Waals surface area contributed by atoms with Crippen LogP contribution in [0, 0.1) is 6.92 Å². The average Bonchev–Trinajstić information content (AvgIpc) is 2.78. The zero-order chi connectivity index (χ0) is 13.1. The summed E-state index contributed by atoms with van der Waals surface area (Å²) in [5.41, 5.74) is 1.32. The predicted octanol–water partition coefficient (Wildman–Crippen LogP) is 3.90. The summed E-state index contributed by atoms with van der Waals surface area (Å²) in [4.78, 5) is 0. The molecule has 0 aromatic heterocycles. The van der Waals surface area contributed by atoms with E-state index >= 15 is 0 Å². The van der Waals surface area contributed by atoms with Gasteiger partial charge in [0.1, 0.15) is 0 Å². The van der Waals surface area contributed by atoms with Gasteiger partial charge in [-0.3, -0.25) is 0 Å². The maximum absolute atomic E-state index is 6.34. The van der Waals surface area contributed by atoms with Gasteiger partial charge < -0.3 is 9.47 Å². The molecule has 1 radical (unpaired) electrons. The lowest BCUT2D eigenvalue weighted by Gasteiger charge is -2.32. The summed E-state index contributed by atoms with van der Waals surface area (Å²) < 4.78 is 12.6. The largest absolute Gasteiger partial charge is 0.344 e. The van der Waals surface area contributed by atoms with E-state index in [0.29, 0.717) is 0 Å². The van der Waals surface area contributed by atoms with Crippen LogP contribution in [-0.2, 0) is 15.9 Å². The normalized spacial score (nSPS) is 29.7. The Hall–Kier alpha value is -0.860. The third kappa shape index (κ3) is 2.85. The Bertz CT molecular complexity index is 395. The fraction of sp³-hybridized carbons (Fsp3) is 0.588. The van der Waals surface area contributed by atoms with Crippen molar-refractivity contribution >= 4 is 0 Å². The molecular formula is C17H23O2. The summed E-state index contributed by atoms with van der Waals surface area (Å²) in [6.45, 7) is 4.03. The van der Waals surface area contributed by atoms with E-state index in [1.54, 1.807) is 0 Å². The van der Waals surface area contributed by atoms with Gasteiger partial charge in [-0.05, 0) is 24.8 Å². The predicted molar refractivity (Wildman–Crippen MR) is 75.7 cm³/mol. The summed E-state index contributed by atoms with van der Waals surface area (Å²) in [6.07, 6.45) is 7.90. The molecule has 19 heavy (non-hydrogen) atoms. The second kappa shape index (κ2) is 5.64. The molecular weight excluding hydrogens is 236 g/mol. The van der Waals surface area contributed by atoms with E-state index in [1.165, 1.54) is 24.8 Å². The molecule has 1 saturated carbocycles. The minimum absolute atomic E-state index is 0.151. The molecule has 2 heteroatoms. The first-order valence-electron chi connectivity index (χ1n) is 7.50. The quantitative estimate of drug-likeness (QED) is 0.819. The van der Waals surface area contributed by atoms with Gasteiger partial charge in [-0.2, -0.15) is 0 Å². The Balaban J connectivity index is 1.70. The molecule has 2 aliphatic rings. The van der Waals surface area contributed by atoms with Gasteiger partial charge in [-0.15, -0.1) is 0 Å². The van der Waals surface area contributed by atoms with Crippen molar-refractivity contribution in [2.24, 2.45) is 0 Å². The third-order valence-electron chi connectivity index (χ3n) is 4.33. The first kappa shape index (κ1) is 13.1. The van der Waals surface area contributed by atoms with Gasteiger partial charge in [-0.1, -0.05) is 43.7 Å². The number of benzene rings is 1. The molecule has 0 amide bonds. The van der Waals surface area contributed by atoms with Crippen molar-refractivity contribution in [3.8, 4) is 0 Å². The summed E-state index contributed by atoms with van der Waals surface area (Å²) >= 11 is 0. The van der Waals surface area contributed by atoms with Crippen LogP contribution in [0.3, 0.4) is 0 Å². The van der Waals surface area contributed by atoms with Crippen LogP contribution in [0.2, 0.25) is 0 Å². The smallest absolute Gasteiger partial charge is 0.169 e. The maximum atomic E-state index is 6.34. The molecule has 1 saturated heterocycles. The van der Waals surface area contributed by atoms with Gasteiger partial charge in [-0.25, -0.2) is 0 Å². The Labute approximate surface area is 116 Å². The SMILES string of the molecule is [CH2]CC1OC2(CCCCC2)OC1Cc1ccccc1. The number of hydrogen-bond donors (Lipinski definition) is 0. The van der Waals surface area contributed by atoms with Crippen molar-refractivity contribution in [3.63, 3.8) is 0 Å². The molecule has 1 spiro atoms. The van der Waals surface area contributed by atoms with Gasteiger partial charge in [0.15, 0.2) is 5.79 Å².